The van der Waals surface area contributed by atoms with Crippen LogP contribution in [-0.2, 0) is 0 Å². The molecule has 0 aliphatic rings. The van der Waals surface area contributed by atoms with Gasteiger partial charge in [0.1, 0.15) is 0 Å². The predicted molar refractivity (Wildman–Crippen MR) is 62.7 cm³/mol. The van der Waals surface area contributed by atoms with Gasteiger partial charge in [-0.15, -0.1) is 0 Å². The number of aromatic amines is 3. The Kier molecular flexibility index (Phi) is 12.1. The first-order chi connectivity index (χ1) is 9.23. The molecule has 0 radical (unpaired) electrons. The fourth-order valence-electron chi connectivity index (χ4n) is 0.500. The van der Waals surface area contributed by atoms with E-state index >= 15 is 0 Å². The maximum absolute atomic E-state index is 7.23. The molecule has 0 aromatic carbocycles. The number of rotatable bonds is 0. The first-order valence-electron chi connectivity index (χ1n) is 4.49. The molecule has 19 heavy (non-hydrogen) atoms. The zero-order valence-electron chi connectivity index (χ0n) is 9.44. The Morgan fingerprint density at radius 3 is 0.737 bits per heavy atom. The molecule has 0 bridgehead atoms. The van der Waals surface area contributed by atoms with Crippen molar-refractivity contribution < 1.29 is 14.7 Å². The summed E-state index contributed by atoms with van der Waals surface area (Å²) < 4.78 is 0. The molecule has 0 aliphatic heterocycles. The van der Waals surface area contributed by atoms with Crippen molar-refractivity contribution in [1.82, 2.24) is 46.2 Å². The van der Waals surface area contributed by atoms with Crippen molar-refractivity contribution in [2.75, 3.05) is 0 Å². The van der Waals surface area contributed by atoms with Crippen molar-refractivity contribution >= 4 is 8.60 Å². The van der Waals surface area contributed by atoms with Crippen LogP contribution in [0, 0.1) is 0 Å². The molecule has 104 valence electrons. The number of H-pyrrole nitrogens is 3. The van der Waals surface area contributed by atoms with Gasteiger partial charge in [-0.3, -0.25) is 0 Å². The van der Waals surface area contributed by atoms with Gasteiger partial charge < -0.3 is 14.7 Å². The molecule has 0 atom stereocenters. The smallest absolute Gasteiger partial charge is 0.324 e. The SMILES string of the molecule is OP(O)O.c1cn[nH]n1.c1cn[nH]n1.c1cn[nH]n1. The summed E-state index contributed by atoms with van der Waals surface area (Å²) in [6.45, 7) is 0. The van der Waals surface area contributed by atoms with Crippen LogP contribution in [-0.4, -0.2) is 60.9 Å². The van der Waals surface area contributed by atoms with Crippen molar-refractivity contribution in [3.63, 3.8) is 0 Å². The van der Waals surface area contributed by atoms with Gasteiger partial charge in [-0.2, -0.15) is 46.2 Å². The molecule has 3 heterocycles. The summed E-state index contributed by atoms with van der Waals surface area (Å²) >= 11 is 0. The third-order valence-corrected chi connectivity index (χ3v) is 0.994. The van der Waals surface area contributed by atoms with Crippen LogP contribution in [0.4, 0.5) is 0 Å². The van der Waals surface area contributed by atoms with Gasteiger partial charge in [0.25, 0.3) is 0 Å². The van der Waals surface area contributed by atoms with Crippen LogP contribution >= 0.6 is 8.60 Å². The second-order valence-corrected chi connectivity index (χ2v) is 2.77. The molecule has 0 amide bonds. The van der Waals surface area contributed by atoms with Crippen molar-refractivity contribution in [3.8, 4) is 0 Å². The Bertz CT molecular complexity index is 300. The van der Waals surface area contributed by atoms with Crippen molar-refractivity contribution in [1.29, 1.82) is 0 Å². The van der Waals surface area contributed by atoms with Gasteiger partial charge in [-0.1, -0.05) is 0 Å². The molecule has 3 aromatic heterocycles. The first-order valence-corrected chi connectivity index (χ1v) is 5.69. The number of nitrogens with one attached hydrogen (secondary N) is 3. The average molecular weight is 289 g/mol. The van der Waals surface area contributed by atoms with Crippen molar-refractivity contribution in [3.05, 3.63) is 37.2 Å². The zero-order chi connectivity index (χ0) is 14.2. The molecule has 3 aromatic rings. The summed E-state index contributed by atoms with van der Waals surface area (Å²) in [7, 11) is -2.62. The first kappa shape index (κ1) is 16.7. The molecule has 6 N–H and O–H groups in total. The fourth-order valence-corrected chi connectivity index (χ4v) is 0.500. The maximum atomic E-state index is 7.23. The summed E-state index contributed by atoms with van der Waals surface area (Å²) in [4.78, 5) is 21.7. The molecular weight excluding hydrogens is 277 g/mol. The average Bonchev–Trinajstić information content (AvgIpc) is 3.18. The molecular formula is C6H12N9O3P. The summed E-state index contributed by atoms with van der Waals surface area (Å²) in [5.41, 5.74) is 0. The van der Waals surface area contributed by atoms with Crippen LogP contribution in [0.1, 0.15) is 0 Å². The molecule has 3 rings (SSSR count). The third kappa shape index (κ3) is 18.3. The highest BCUT2D eigenvalue weighted by molar-refractivity contribution is 7.38. The summed E-state index contributed by atoms with van der Waals surface area (Å²) in [5, 5.41) is 28.0. The van der Waals surface area contributed by atoms with Crippen LogP contribution in [0.25, 0.3) is 0 Å². The third-order valence-electron chi connectivity index (χ3n) is 0.994. The van der Waals surface area contributed by atoms with Gasteiger partial charge in [-0.25, -0.2) is 0 Å². The normalized spacial score (nSPS) is 8.21. The van der Waals surface area contributed by atoms with Crippen LogP contribution in [0.15, 0.2) is 37.2 Å². The number of hydrogen-bond donors (Lipinski definition) is 6. The van der Waals surface area contributed by atoms with E-state index in [9.17, 15) is 0 Å². The van der Waals surface area contributed by atoms with E-state index in [1.54, 1.807) is 37.2 Å². The van der Waals surface area contributed by atoms with E-state index in [1.165, 1.54) is 0 Å². The van der Waals surface area contributed by atoms with E-state index in [2.05, 4.69) is 46.2 Å². The van der Waals surface area contributed by atoms with Gasteiger partial charge in [-0.05, 0) is 0 Å². The lowest BCUT2D eigenvalue weighted by molar-refractivity contribution is 0.368. The Labute approximate surface area is 107 Å². The van der Waals surface area contributed by atoms with E-state index in [0.29, 0.717) is 0 Å². The molecule has 0 aliphatic carbocycles. The molecule has 0 spiro atoms. The van der Waals surface area contributed by atoms with Crippen LogP contribution in [0.3, 0.4) is 0 Å². The molecule has 0 fully saturated rings. The lowest BCUT2D eigenvalue weighted by Gasteiger charge is -1.76. The highest BCUT2D eigenvalue weighted by Crippen LogP contribution is 2.11. The number of hydrogen-bond acceptors (Lipinski definition) is 9. The lowest BCUT2D eigenvalue weighted by Crippen LogP contribution is -1.61. The van der Waals surface area contributed by atoms with E-state index < -0.39 is 8.60 Å². The molecule has 0 saturated carbocycles. The topological polar surface area (TPSA) is 185 Å². The highest BCUT2D eigenvalue weighted by atomic mass is 31.2. The Hall–Kier alpha value is -2.27. The van der Waals surface area contributed by atoms with Gasteiger partial charge in [0.2, 0.25) is 0 Å². The van der Waals surface area contributed by atoms with Crippen molar-refractivity contribution in [2.45, 2.75) is 0 Å². The minimum Gasteiger partial charge on any atom is -0.328 e. The summed E-state index contributed by atoms with van der Waals surface area (Å²) in [5.74, 6) is 0. The van der Waals surface area contributed by atoms with Gasteiger partial charge in [0.05, 0.1) is 37.2 Å². The Morgan fingerprint density at radius 2 is 0.684 bits per heavy atom. The van der Waals surface area contributed by atoms with Crippen LogP contribution < -0.4 is 0 Å². The molecule has 0 saturated heterocycles. The van der Waals surface area contributed by atoms with E-state index in [0.717, 1.165) is 0 Å². The second-order valence-electron chi connectivity index (χ2n) is 2.24. The van der Waals surface area contributed by atoms with E-state index in [-0.39, 0.29) is 0 Å². The fraction of sp³-hybridized carbons (Fsp3) is 0. The van der Waals surface area contributed by atoms with Gasteiger partial charge in [0, 0.05) is 0 Å². The Balaban J connectivity index is 0.000000229. The monoisotopic (exact) mass is 289 g/mol. The minimum atomic E-state index is -2.62. The second kappa shape index (κ2) is 13.8. The Morgan fingerprint density at radius 1 is 0.526 bits per heavy atom. The quantitative estimate of drug-likeness (QED) is 0.271. The summed E-state index contributed by atoms with van der Waals surface area (Å²) in [6, 6.07) is 0. The molecule has 12 nitrogen and oxygen atoms in total. The van der Waals surface area contributed by atoms with Crippen LogP contribution in [0.5, 0.6) is 0 Å². The maximum Gasteiger partial charge on any atom is 0.324 e. The van der Waals surface area contributed by atoms with Crippen molar-refractivity contribution in [2.24, 2.45) is 0 Å². The zero-order valence-corrected chi connectivity index (χ0v) is 10.3. The standard InChI is InChI=1S/3C2H3N3.H3O3P/c3*1-2-4-5-3-1;1-4(2)3/h3*1-2H,(H,3,4,5);1-3H. The predicted octanol–water partition coefficient (Wildman–Crippen LogP) is -1.40. The van der Waals surface area contributed by atoms with Crippen LogP contribution in [0.2, 0.25) is 0 Å². The van der Waals surface area contributed by atoms with Gasteiger partial charge in [0.15, 0.2) is 0 Å². The molecule has 13 heteroatoms. The summed E-state index contributed by atoms with van der Waals surface area (Å²) in [6.07, 6.45) is 9.50. The number of nitrogens with zero attached hydrogens (tertiary/aromatic N) is 6. The van der Waals surface area contributed by atoms with E-state index in [4.69, 9.17) is 14.7 Å². The number of aromatic nitrogens is 9. The largest absolute Gasteiger partial charge is 0.328 e. The minimum absolute atomic E-state index is 1.58. The van der Waals surface area contributed by atoms with E-state index in [1.807, 2.05) is 0 Å². The molecule has 0 unspecified atom stereocenters. The van der Waals surface area contributed by atoms with Gasteiger partial charge >= 0.3 is 8.60 Å². The lowest BCUT2D eigenvalue weighted by atomic mass is 11.0. The highest BCUT2D eigenvalue weighted by Gasteiger charge is 1.76.